The Bertz CT molecular complexity index is 999. The maximum atomic E-state index is 12.9. The summed E-state index contributed by atoms with van der Waals surface area (Å²) in [6, 6.07) is 9.31. The van der Waals surface area contributed by atoms with Gasteiger partial charge in [-0.3, -0.25) is 10.1 Å². The highest BCUT2D eigenvalue weighted by Crippen LogP contribution is 2.35. The van der Waals surface area contributed by atoms with Crippen LogP contribution in [-0.4, -0.2) is 50.9 Å². The predicted octanol–water partition coefficient (Wildman–Crippen LogP) is 1.52. The minimum atomic E-state index is -3.78. The van der Waals surface area contributed by atoms with Crippen molar-refractivity contribution in [3.05, 3.63) is 57.6 Å². The Morgan fingerprint density at radius 2 is 1.71 bits per heavy atom. The third-order valence-corrected chi connectivity index (χ3v) is 6.79. The van der Waals surface area contributed by atoms with Crippen LogP contribution in [0.25, 0.3) is 0 Å². The molecule has 0 unspecified atom stereocenters. The quantitative estimate of drug-likeness (QED) is 0.600. The second-order valence-electron chi connectivity index (χ2n) is 7.12. The van der Waals surface area contributed by atoms with Crippen molar-refractivity contribution in [1.29, 1.82) is 0 Å². The molecule has 150 valence electrons. The van der Waals surface area contributed by atoms with Crippen LogP contribution in [0.4, 0.5) is 5.69 Å². The molecule has 0 radical (unpaired) electrons. The smallest absolute Gasteiger partial charge is 0.312 e. The number of rotatable bonds is 5. The number of aryl methyl sites for hydroxylation is 2. The van der Waals surface area contributed by atoms with Crippen molar-refractivity contribution in [2.45, 2.75) is 18.7 Å². The first-order chi connectivity index (χ1) is 13.2. The first-order valence-corrected chi connectivity index (χ1v) is 10.5. The number of benzene rings is 2. The SMILES string of the molecule is Cc1ccc(Oc2ccc(S(=O)(=O)N3CC[NH+](C)CC3)cc2[N+](=O)[O-])c(C)c1. The lowest BCUT2D eigenvalue weighted by atomic mass is 10.1. The number of nitrogens with zero attached hydrogens (tertiary/aromatic N) is 2. The third kappa shape index (κ3) is 4.16. The van der Waals surface area contributed by atoms with Gasteiger partial charge in [-0.1, -0.05) is 17.7 Å². The lowest BCUT2D eigenvalue weighted by Gasteiger charge is -2.29. The van der Waals surface area contributed by atoms with Crippen LogP contribution in [0.5, 0.6) is 11.5 Å². The van der Waals surface area contributed by atoms with Crippen LogP contribution < -0.4 is 9.64 Å². The van der Waals surface area contributed by atoms with Crippen LogP contribution in [0.3, 0.4) is 0 Å². The maximum absolute atomic E-state index is 12.9. The molecule has 1 aliphatic heterocycles. The fourth-order valence-electron chi connectivity index (χ4n) is 3.18. The average Bonchev–Trinajstić information content (AvgIpc) is 2.64. The number of quaternary nitrogens is 1. The highest BCUT2D eigenvalue weighted by molar-refractivity contribution is 7.89. The van der Waals surface area contributed by atoms with Crippen LogP contribution >= 0.6 is 0 Å². The Hall–Kier alpha value is -2.49. The first-order valence-electron chi connectivity index (χ1n) is 9.03. The number of nitro groups is 1. The van der Waals surface area contributed by atoms with Gasteiger partial charge in [-0.15, -0.1) is 0 Å². The molecule has 1 fully saturated rings. The van der Waals surface area contributed by atoms with E-state index in [1.165, 1.54) is 21.3 Å². The van der Waals surface area contributed by atoms with Gasteiger partial charge in [-0.25, -0.2) is 8.42 Å². The topological polar surface area (TPSA) is 94.2 Å². The summed E-state index contributed by atoms with van der Waals surface area (Å²) in [6.45, 7) is 5.98. The number of hydrogen-bond donors (Lipinski definition) is 1. The molecule has 1 N–H and O–H groups in total. The summed E-state index contributed by atoms with van der Waals surface area (Å²) in [5, 5.41) is 11.6. The van der Waals surface area contributed by atoms with Gasteiger partial charge in [0.2, 0.25) is 15.8 Å². The number of nitrogens with one attached hydrogen (secondary N) is 1. The molecule has 1 aliphatic rings. The zero-order valence-corrected chi connectivity index (χ0v) is 17.0. The number of sulfonamides is 1. The van der Waals surface area contributed by atoms with Crippen molar-refractivity contribution in [3.8, 4) is 11.5 Å². The lowest BCUT2D eigenvalue weighted by molar-refractivity contribution is -0.883. The highest BCUT2D eigenvalue weighted by atomic mass is 32.2. The molecule has 2 aromatic carbocycles. The summed E-state index contributed by atoms with van der Waals surface area (Å²) in [6.07, 6.45) is 0. The van der Waals surface area contributed by atoms with E-state index in [-0.39, 0.29) is 16.3 Å². The van der Waals surface area contributed by atoms with E-state index in [0.717, 1.165) is 17.2 Å². The number of hydrogen-bond acceptors (Lipinski definition) is 5. The molecule has 28 heavy (non-hydrogen) atoms. The Morgan fingerprint density at radius 1 is 1.07 bits per heavy atom. The van der Waals surface area contributed by atoms with Crippen LogP contribution in [0.1, 0.15) is 11.1 Å². The summed E-state index contributed by atoms with van der Waals surface area (Å²) >= 11 is 0. The molecule has 3 rings (SSSR count). The number of nitro benzene ring substituents is 1. The minimum Gasteiger partial charge on any atom is -0.450 e. The van der Waals surface area contributed by atoms with Gasteiger partial charge >= 0.3 is 5.69 Å². The van der Waals surface area contributed by atoms with Gasteiger partial charge < -0.3 is 9.64 Å². The highest BCUT2D eigenvalue weighted by Gasteiger charge is 2.31. The van der Waals surface area contributed by atoms with E-state index in [0.29, 0.717) is 31.9 Å². The van der Waals surface area contributed by atoms with E-state index in [1.54, 1.807) is 6.07 Å². The predicted molar refractivity (Wildman–Crippen MR) is 104 cm³/mol. The molecule has 1 saturated heterocycles. The molecule has 0 aliphatic carbocycles. The van der Waals surface area contributed by atoms with Crippen LogP contribution in [0.15, 0.2) is 41.3 Å². The van der Waals surface area contributed by atoms with Crippen LogP contribution in [0.2, 0.25) is 0 Å². The van der Waals surface area contributed by atoms with E-state index in [2.05, 4.69) is 0 Å². The van der Waals surface area contributed by atoms with Gasteiger partial charge in [0.15, 0.2) is 0 Å². The van der Waals surface area contributed by atoms with Gasteiger partial charge in [-0.05, 0) is 37.6 Å². The van der Waals surface area contributed by atoms with Crippen molar-refractivity contribution in [2.24, 2.45) is 0 Å². The van der Waals surface area contributed by atoms with Crippen molar-refractivity contribution in [2.75, 3.05) is 33.2 Å². The zero-order valence-electron chi connectivity index (χ0n) is 16.1. The molecule has 0 amide bonds. The van der Waals surface area contributed by atoms with Gasteiger partial charge in [0, 0.05) is 6.07 Å². The molecule has 0 aromatic heterocycles. The molecule has 0 bridgehead atoms. The van der Waals surface area contributed by atoms with Gasteiger partial charge in [0.25, 0.3) is 0 Å². The van der Waals surface area contributed by atoms with Gasteiger partial charge in [0.1, 0.15) is 5.75 Å². The summed E-state index contributed by atoms with van der Waals surface area (Å²) in [7, 11) is -1.78. The fraction of sp³-hybridized carbons (Fsp3) is 0.368. The molecule has 1 heterocycles. The van der Waals surface area contributed by atoms with E-state index < -0.39 is 14.9 Å². The van der Waals surface area contributed by atoms with E-state index in [4.69, 9.17) is 4.74 Å². The first kappa shape index (κ1) is 20.2. The fourth-order valence-corrected chi connectivity index (χ4v) is 4.64. The molecule has 0 saturated carbocycles. The maximum Gasteiger partial charge on any atom is 0.312 e. The molecule has 8 nitrogen and oxygen atoms in total. The molecular weight excluding hydrogens is 382 g/mol. The number of piperazine rings is 1. The summed E-state index contributed by atoms with van der Waals surface area (Å²) in [5.41, 5.74) is 1.52. The standard InChI is InChI=1S/C19H23N3O5S/c1-14-4-6-18(15(2)12-14)27-19-7-5-16(13-17(19)22(23)24)28(25,26)21-10-8-20(3)9-11-21/h4-7,12-13H,8-11H2,1-3H3/p+1. The molecule has 0 atom stereocenters. The normalized spacial score (nSPS) is 16.1. The van der Waals surface area contributed by atoms with Crippen molar-refractivity contribution >= 4 is 15.7 Å². The van der Waals surface area contributed by atoms with Crippen molar-refractivity contribution in [1.82, 2.24) is 4.31 Å². The zero-order chi connectivity index (χ0) is 20.5. The van der Waals surface area contributed by atoms with Gasteiger partial charge in [-0.2, -0.15) is 4.31 Å². The summed E-state index contributed by atoms with van der Waals surface area (Å²) in [4.78, 5) is 12.1. The molecular formula is C19H24N3O5S+. The van der Waals surface area contributed by atoms with E-state index in [9.17, 15) is 18.5 Å². The number of ether oxygens (including phenoxy) is 1. The van der Waals surface area contributed by atoms with Crippen LogP contribution in [-0.2, 0) is 10.0 Å². The second kappa shape index (κ2) is 7.86. The number of likely N-dealkylation sites (N-methyl/N-ethyl adjacent to an activating group) is 1. The molecule has 0 spiro atoms. The average molecular weight is 406 g/mol. The van der Waals surface area contributed by atoms with Crippen LogP contribution in [0, 0.1) is 24.0 Å². The minimum absolute atomic E-state index is 0.0127. The van der Waals surface area contributed by atoms with Gasteiger partial charge in [0.05, 0.1) is 43.0 Å². The lowest BCUT2D eigenvalue weighted by Crippen LogP contribution is -3.12. The molecule has 9 heteroatoms. The summed E-state index contributed by atoms with van der Waals surface area (Å²) < 4.78 is 32.9. The molecule has 2 aromatic rings. The Kier molecular flexibility index (Phi) is 5.69. The van der Waals surface area contributed by atoms with Crippen molar-refractivity contribution < 1.29 is 23.0 Å². The summed E-state index contributed by atoms with van der Waals surface area (Å²) in [5.74, 6) is 0.505. The largest absolute Gasteiger partial charge is 0.450 e. The third-order valence-electron chi connectivity index (χ3n) is 4.89. The van der Waals surface area contributed by atoms with E-state index >= 15 is 0 Å². The Labute approximate surface area is 164 Å². The van der Waals surface area contributed by atoms with Crippen molar-refractivity contribution in [3.63, 3.8) is 0 Å². The monoisotopic (exact) mass is 406 g/mol. The second-order valence-corrected chi connectivity index (χ2v) is 9.06. The Balaban J connectivity index is 1.94. The van der Waals surface area contributed by atoms with E-state index in [1.807, 2.05) is 33.0 Å². The Morgan fingerprint density at radius 3 is 2.32 bits per heavy atom.